The molecule has 0 saturated carbocycles. The predicted molar refractivity (Wildman–Crippen MR) is 46.8 cm³/mol. The molecule has 2 N–H and O–H groups in total. The van der Waals surface area contributed by atoms with Gasteiger partial charge in [0, 0.05) is 18.8 Å². The van der Waals surface area contributed by atoms with Crippen LogP contribution >= 0.6 is 0 Å². The summed E-state index contributed by atoms with van der Waals surface area (Å²) in [5.41, 5.74) is 1.21. The largest absolute Gasteiger partial charge is 0.372 e. The van der Waals surface area contributed by atoms with Gasteiger partial charge in [-0.1, -0.05) is 13.8 Å². The van der Waals surface area contributed by atoms with Gasteiger partial charge in [0.05, 0.1) is 0 Å². The highest BCUT2D eigenvalue weighted by atomic mass is 15.2. The molecule has 0 radical (unpaired) electrons. The van der Waals surface area contributed by atoms with Crippen LogP contribution in [-0.4, -0.2) is 17.2 Å². The van der Waals surface area contributed by atoms with E-state index in [1.807, 2.05) is 13.1 Å². The van der Waals surface area contributed by atoms with Crippen LogP contribution in [0.5, 0.6) is 0 Å². The number of aromatic nitrogens is 2. The first kappa shape index (κ1) is 8.11. The first-order valence-electron chi connectivity index (χ1n) is 4.01. The Morgan fingerprint density at radius 3 is 2.91 bits per heavy atom. The molecule has 0 aliphatic heterocycles. The van der Waals surface area contributed by atoms with E-state index in [0.29, 0.717) is 5.92 Å². The van der Waals surface area contributed by atoms with Crippen molar-refractivity contribution in [2.24, 2.45) is 0 Å². The van der Waals surface area contributed by atoms with Gasteiger partial charge in [-0.3, -0.25) is 5.10 Å². The fraction of sp³-hybridized carbons (Fsp3) is 0.625. The molecular formula is C8H15N3. The van der Waals surface area contributed by atoms with Gasteiger partial charge in [0.1, 0.15) is 5.82 Å². The van der Waals surface area contributed by atoms with Crippen molar-refractivity contribution in [3.8, 4) is 0 Å². The number of nitrogens with one attached hydrogen (secondary N) is 2. The van der Waals surface area contributed by atoms with E-state index in [4.69, 9.17) is 0 Å². The Bertz CT molecular complexity index is 217. The fourth-order valence-electron chi connectivity index (χ4n) is 0.937. The zero-order chi connectivity index (χ0) is 8.27. The Labute approximate surface area is 67.2 Å². The number of H-pyrrole nitrogens is 1. The highest BCUT2D eigenvalue weighted by Crippen LogP contribution is 2.17. The van der Waals surface area contributed by atoms with Crippen molar-refractivity contribution in [2.45, 2.75) is 26.2 Å². The Morgan fingerprint density at radius 2 is 2.45 bits per heavy atom. The van der Waals surface area contributed by atoms with Crippen LogP contribution in [0, 0.1) is 0 Å². The SMILES string of the molecule is CCC(C)c1cc(NC)n[nH]1. The molecule has 0 amide bonds. The average Bonchev–Trinajstić information content (AvgIpc) is 2.50. The van der Waals surface area contributed by atoms with E-state index >= 15 is 0 Å². The average molecular weight is 153 g/mol. The van der Waals surface area contributed by atoms with E-state index in [2.05, 4.69) is 29.4 Å². The van der Waals surface area contributed by atoms with E-state index < -0.39 is 0 Å². The standard InChI is InChI=1S/C8H15N3/c1-4-6(2)7-5-8(9-3)11-10-7/h5-6H,4H2,1-3H3,(H2,9,10,11). The minimum Gasteiger partial charge on any atom is -0.372 e. The summed E-state index contributed by atoms with van der Waals surface area (Å²) in [7, 11) is 1.87. The van der Waals surface area contributed by atoms with Crippen molar-refractivity contribution in [3.05, 3.63) is 11.8 Å². The molecule has 1 atom stereocenters. The number of hydrogen-bond donors (Lipinski definition) is 2. The van der Waals surface area contributed by atoms with Crippen molar-refractivity contribution in [3.63, 3.8) is 0 Å². The quantitative estimate of drug-likeness (QED) is 0.697. The summed E-state index contributed by atoms with van der Waals surface area (Å²) in [6.07, 6.45) is 1.14. The topological polar surface area (TPSA) is 40.7 Å². The second-order valence-electron chi connectivity index (χ2n) is 2.77. The van der Waals surface area contributed by atoms with Crippen LogP contribution < -0.4 is 5.32 Å². The van der Waals surface area contributed by atoms with Gasteiger partial charge in [0.2, 0.25) is 0 Å². The van der Waals surface area contributed by atoms with Gasteiger partial charge >= 0.3 is 0 Å². The van der Waals surface area contributed by atoms with Crippen LogP contribution in [0.3, 0.4) is 0 Å². The van der Waals surface area contributed by atoms with E-state index in [1.54, 1.807) is 0 Å². The minimum absolute atomic E-state index is 0.574. The van der Waals surface area contributed by atoms with Crippen LogP contribution in [0.15, 0.2) is 6.07 Å². The maximum Gasteiger partial charge on any atom is 0.147 e. The molecule has 1 aromatic rings. The molecule has 1 rings (SSSR count). The molecule has 1 aromatic heterocycles. The van der Waals surface area contributed by atoms with Gasteiger partial charge in [0.15, 0.2) is 0 Å². The summed E-state index contributed by atoms with van der Waals surface area (Å²) in [5, 5.41) is 10.0. The molecule has 62 valence electrons. The van der Waals surface area contributed by atoms with Crippen LogP contribution in [0.4, 0.5) is 5.82 Å². The van der Waals surface area contributed by atoms with E-state index in [1.165, 1.54) is 5.69 Å². The maximum atomic E-state index is 4.07. The Hall–Kier alpha value is -0.990. The molecule has 3 nitrogen and oxygen atoms in total. The molecule has 0 aromatic carbocycles. The van der Waals surface area contributed by atoms with Gasteiger partial charge in [-0.25, -0.2) is 0 Å². The molecule has 0 bridgehead atoms. The number of aromatic amines is 1. The van der Waals surface area contributed by atoms with Crippen molar-refractivity contribution in [1.29, 1.82) is 0 Å². The molecule has 0 saturated heterocycles. The van der Waals surface area contributed by atoms with Crippen molar-refractivity contribution in [2.75, 3.05) is 12.4 Å². The third kappa shape index (κ3) is 1.73. The lowest BCUT2D eigenvalue weighted by molar-refractivity contribution is 0.703. The summed E-state index contributed by atoms with van der Waals surface area (Å²) < 4.78 is 0. The third-order valence-electron chi connectivity index (χ3n) is 2.00. The lowest BCUT2D eigenvalue weighted by Crippen LogP contribution is -1.90. The summed E-state index contributed by atoms with van der Waals surface area (Å²) >= 11 is 0. The molecule has 0 fully saturated rings. The zero-order valence-corrected chi connectivity index (χ0v) is 7.31. The van der Waals surface area contributed by atoms with Gasteiger partial charge in [-0.05, 0) is 12.3 Å². The Morgan fingerprint density at radius 1 is 1.73 bits per heavy atom. The molecule has 11 heavy (non-hydrogen) atoms. The molecule has 0 aliphatic rings. The highest BCUT2D eigenvalue weighted by Gasteiger charge is 2.05. The van der Waals surface area contributed by atoms with Gasteiger partial charge in [0.25, 0.3) is 0 Å². The number of hydrogen-bond acceptors (Lipinski definition) is 2. The second kappa shape index (κ2) is 3.42. The smallest absolute Gasteiger partial charge is 0.147 e. The lowest BCUT2D eigenvalue weighted by atomic mass is 10.1. The summed E-state index contributed by atoms with van der Waals surface area (Å²) in [6.45, 7) is 4.36. The molecule has 1 unspecified atom stereocenters. The molecule has 3 heteroatoms. The van der Waals surface area contributed by atoms with Crippen LogP contribution in [0.1, 0.15) is 31.9 Å². The van der Waals surface area contributed by atoms with Crippen LogP contribution in [0.2, 0.25) is 0 Å². The van der Waals surface area contributed by atoms with E-state index in [-0.39, 0.29) is 0 Å². The van der Waals surface area contributed by atoms with Crippen molar-refractivity contribution >= 4 is 5.82 Å². The van der Waals surface area contributed by atoms with E-state index in [9.17, 15) is 0 Å². The monoisotopic (exact) mass is 153 g/mol. The van der Waals surface area contributed by atoms with Gasteiger partial charge in [-0.2, -0.15) is 5.10 Å². The zero-order valence-electron chi connectivity index (χ0n) is 7.31. The highest BCUT2D eigenvalue weighted by molar-refractivity contribution is 5.35. The Balaban J connectivity index is 2.71. The van der Waals surface area contributed by atoms with Crippen molar-refractivity contribution < 1.29 is 0 Å². The number of anilines is 1. The third-order valence-corrected chi connectivity index (χ3v) is 2.00. The maximum absolute atomic E-state index is 4.07. The molecule has 1 heterocycles. The minimum atomic E-state index is 0.574. The van der Waals surface area contributed by atoms with Crippen molar-refractivity contribution in [1.82, 2.24) is 10.2 Å². The summed E-state index contributed by atoms with van der Waals surface area (Å²) in [5.74, 6) is 1.49. The predicted octanol–water partition coefficient (Wildman–Crippen LogP) is 1.96. The molecule has 0 spiro atoms. The summed E-state index contributed by atoms with van der Waals surface area (Å²) in [4.78, 5) is 0. The number of nitrogens with zero attached hydrogens (tertiary/aromatic N) is 1. The van der Waals surface area contributed by atoms with Gasteiger partial charge in [-0.15, -0.1) is 0 Å². The molecule has 0 aliphatic carbocycles. The first-order chi connectivity index (χ1) is 5.27. The van der Waals surface area contributed by atoms with E-state index in [0.717, 1.165) is 12.2 Å². The van der Waals surface area contributed by atoms with Crippen LogP contribution in [0.25, 0.3) is 0 Å². The normalized spacial score (nSPS) is 13.0. The van der Waals surface area contributed by atoms with Crippen LogP contribution in [-0.2, 0) is 0 Å². The second-order valence-corrected chi connectivity index (χ2v) is 2.77. The first-order valence-corrected chi connectivity index (χ1v) is 4.01. The molecular weight excluding hydrogens is 138 g/mol. The van der Waals surface area contributed by atoms with Gasteiger partial charge < -0.3 is 5.32 Å². The number of rotatable bonds is 3. The lowest BCUT2D eigenvalue weighted by Gasteiger charge is -2.02. The Kier molecular flexibility index (Phi) is 2.52. The fourth-order valence-corrected chi connectivity index (χ4v) is 0.937. The summed E-state index contributed by atoms with van der Waals surface area (Å²) in [6, 6.07) is 2.05.